The molecule has 1 heterocycles. The van der Waals surface area contributed by atoms with Crippen LogP contribution in [0.1, 0.15) is 11.1 Å². The molecule has 3 rings (SSSR count). The Morgan fingerprint density at radius 3 is 2.41 bits per heavy atom. The molecule has 156 valence electrons. The van der Waals surface area contributed by atoms with Gasteiger partial charge in [0.2, 0.25) is 10.0 Å². The molecule has 0 radical (unpaired) electrons. The Bertz CT molecular complexity index is 984. The van der Waals surface area contributed by atoms with E-state index in [4.69, 9.17) is 21.1 Å². The largest absolute Gasteiger partial charge is 0.482 e. The SMILES string of the molecule is Cc1cc(C)cc(NC(=O)COc2ccc(S(=O)(=O)N3CCOCC3)cc2Cl)c1. The van der Waals surface area contributed by atoms with Gasteiger partial charge in [-0.2, -0.15) is 4.31 Å². The van der Waals surface area contributed by atoms with Crippen LogP contribution < -0.4 is 10.1 Å². The number of hydrogen-bond acceptors (Lipinski definition) is 5. The molecule has 1 aliphatic heterocycles. The molecule has 0 unspecified atom stereocenters. The average molecular weight is 439 g/mol. The molecule has 2 aromatic carbocycles. The molecule has 0 aromatic heterocycles. The van der Waals surface area contributed by atoms with Gasteiger partial charge in [0, 0.05) is 18.8 Å². The van der Waals surface area contributed by atoms with Crippen molar-refractivity contribution in [2.45, 2.75) is 18.7 Å². The van der Waals surface area contributed by atoms with Gasteiger partial charge in [-0.05, 0) is 55.3 Å². The van der Waals surface area contributed by atoms with E-state index in [9.17, 15) is 13.2 Å². The Hall–Kier alpha value is -2.13. The Balaban J connectivity index is 1.64. The first-order valence-electron chi connectivity index (χ1n) is 9.14. The summed E-state index contributed by atoms with van der Waals surface area (Å²) in [5, 5.41) is 2.89. The quantitative estimate of drug-likeness (QED) is 0.749. The van der Waals surface area contributed by atoms with E-state index in [0.717, 1.165) is 11.1 Å². The van der Waals surface area contributed by atoms with Crippen molar-refractivity contribution in [1.29, 1.82) is 0 Å². The van der Waals surface area contributed by atoms with Gasteiger partial charge in [-0.1, -0.05) is 17.7 Å². The number of carbonyl (C=O) groups is 1. The van der Waals surface area contributed by atoms with Crippen LogP contribution in [0.15, 0.2) is 41.3 Å². The number of rotatable bonds is 6. The number of anilines is 1. The fourth-order valence-corrected chi connectivity index (χ4v) is 4.82. The minimum atomic E-state index is -3.65. The van der Waals surface area contributed by atoms with Crippen molar-refractivity contribution in [2.75, 3.05) is 38.2 Å². The fourth-order valence-electron chi connectivity index (χ4n) is 3.08. The lowest BCUT2D eigenvalue weighted by Crippen LogP contribution is -2.40. The van der Waals surface area contributed by atoms with Gasteiger partial charge in [-0.3, -0.25) is 4.79 Å². The van der Waals surface area contributed by atoms with Crippen LogP contribution in [0.2, 0.25) is 5.02 Å². The molecule has 0 spiro atoms. The summed E-state index contributed by atoms with van der Waals surface area (Å²) in [4.78, 5) is 12.2. The number of hydrogen-bond donors (Lipinski definition) is 1. The highest BCUT2D eigenvalue weighted by atomic mass is 35.5. The molecule has 1 fully saturated rings. The second-order valence-corrected chi connectivity index (χ2v) is 9.17. The van der Waals surface area contributed by atoms with Crippen molar-refractivity contribution in [3.63, 3.8) is 0 Å². The predicted octanol–water partition coefficient (Wildman–Crippen LogP) is 3.00. The van der Waals surface area contributed by atoms with Gasteiger partial charge >= 0.3 is 0 Å². The molecule has 0 aliphatic carbocycles. The van der Waals surface area contributed by atoms with Crippen molar-refractivity contribution >= 4 is 33.2 Å². The predicted molar refractivity (Wildman–Crippen MR) is 111 cm³/mol. The van der Waals surface area contributed by atoms with Crippen LogP contribution in [0.25, 0.3) is 0 Å². The van der Waals surface area contributed by atoms with Gasteiger partial charge in [0.25, 0.3) is 5.91 Å². The Kier molecular flexibility index (Phi) is 6.79. The molecular formula is C20H23ClN2O5S. The fraction of sp³-hybridized carbons (Fsp3) is 0.350. The van der Waals surface area contributed by atoms with E-state index in [1.54, 1.807) is 0 Å². The normalized spacial score (nSPS) is 15.1. The summed E-state index contributed by atoms with van der Waals surface area (Å²) >= 11 is 6.20. The second kappa shape index (κ2) is 9.13. The van der Waals surface area contributed by atoms with Gasteiger partial charge in [-0.15, -0.1) is 0 Å². The van der Waals surface area contributed by atoms with E-state index in [1.165, 1.54) is 22.5 Å². The molecule has 9 heteroatoms. The van der Waals surface area contributed by atoms with Crippen molar-refractivity contribution in [1.82, 2.24) is 4.31 Å². The third-order valence-electron chi connectivity index (χ3n) is 4.38. The molecule has 1 aliphatic rings. The summed E-state index contributed by atoms with van der Waals surface area (Å²) in [5.74, 6) is -0.0979. The van der Waals surface area contributed by atoms with Crippen LogP contribution in [-0.4, -0.2) is 51.5 Å². The van der Waals surface area contributed by atoms with Crippen molar-refractivity contribution < 1.29 is 22.7 Å². The summed E-state index contributed by atoms with van der Waals surface area (Å²) in [6, 6.07) is 9.96. The van der Waals surface area contributed by atoms with Crippen LogP contribution >= 0.6 is 11.6 Å². The summed E-state index contributed by atoms with van der Waals surface area (Å²) < 4.78 is 37.4. The zero-order valence-corrected chi connectivity index (χ0v) is 17.8. The standard InChI is InChI=1S/C20H23ClN2O5S/c1-14-9-15(2)11-16(10-14)22-20(24)13-28-19-4-3-17(12-18(19)21)29(25,26)23-5-7-27-8-6-23/h3-4,9-12H,5-8,13H2,1-2H3,(H,22,24). The summed E-state index contributed by atoms with van der Waals surface area (Å²) in [6.45, 7) is 4.99. The Morgan fingerprint density at radius 1 is 1.14 bits per heavy atom. The Morgan fingerprint density at radius 2 is 1.79 bits per heavy atom. The first-order valence-corrected chi connectivity index (χ1v) is 11.0. The van der Waals surface area contributed by atoms with Crippen molar-refractivity contribution in [2.24, 2.45) is 0 Å². The highest BCUT2D eigenvalue weighted by molar-refractivity contribution is 7.89. The van der Waals surface area contributed by atoms with Gasteiger partial charge in [0.1, 0.15) is 5.75 Å². The number of benzene rings is 2. The molecule has 2 aromatic rings. The van der Waals surface area contributed by atoms with Crippen molar-refractivity contribution in [3.8, 4) is 5.75 Å². The van der Waals surface area contributed by atoms with Gasteiger partial charge in [-0.25, -0.2) is 8.42 Å². The third-order valence-corrected chi connectivity index (χ3v) is 6.57. The molecule has 1 amide bonds. The second-order valence-electron chi connectivity index (χ2n) is 6.82. The lowest BCUT2D eigenvalue weighted by atomic mass is 10.1. The number of morpholine rings is 1. The molecule has 1 N–H and O–H groups in total. The summed E-state index contributed by atoms with van der Waals surface area (Å²) in [7, 11) is -3.65. The minimum absolute atomic E-state index is 0.0800. The zero-order valence-electron chi connectivity index (χ0n) is 16.3. The zero-order chi connectivity index (χ0) is 21.0. The van der Waals surface area contributed by atoms with E-state index >= 15 is 0 Å². The number of nitrogens with zero attached hydrogens (tertiary/aromatic N) is 1. The topological polar surface area (TPSA) is 84.9 Å². The maximum atomic E-state index is 12.7. The first-order chi connectivity index (χ1) is 13.8. The smallest absolute Gasteiger partial charge is 0.262 e. The third kappa shape index (κ3) is 5.48. The maximum absolute atomic E-state index is 12.7. The van der Waals surface area contributed by atoms with Crippen LogP contribution in [-0.2, 0) is 19.6 Å². The monoisotopic (exact) mass is 438 g/mol. The number of ether oxygens (including phenoxy) is 2. The number of carbonyl (C=O) groups excluding carboxylic acids is 1. The number of aryl methyl sites for hydroxylation is 2. The molecular weight excluding hydrogens is 416 g/mol. The molecule has 1 saturated heterocycles. The number of halogens is 1. The van der Waals surface area contributed by atoms with E-state index in [2.05, 4.69) is 5.32 Å². The maximum Gasteiger partial charge on any atom is 0.262 e. The summed E-state index contributed by atoms with van der Waals surface area (Å²) in [6.07, 6.45) is 0. The van der Waals surface area contributed by atoms with Crippen LogP contribution in [0.4, 0.5) is 5.69 Å². The molecule has 0 atom stereocenters. The minimum Gasteiger partial charge on any atom is -0.482 e. The summed E-state index contributed by atoms with van der Waals surface area (Å²) in [5.41, 5.74) is 2.77. The molecule has 29 heavy (non-hydrogen) atoms. The van der Waals surface area contributed by atoms with E-state index < -0.39 is 10.0 Å². The van der Waals surface area contributed by atoms with E-state index in [-0.39, 0.29) is 28.2 Å². The molecule has 0 bridgehead atoms. The van der Waals surface area contributed by atoms with Crippen LogP contribution in [0.3, 0.4) is 0 Å². The lowest BCUT2D eigenvalue weighted by Gasteiger charge is -2.26. The first kappa shape index (κ1) is 21.6. The number of sulfonamides is 1. The van der Waals surface area contributed by atoms with Gasteiger partial charge < -0.3 is 14.8 Å². The van der Waals surface area contributed by atoms with Crippen LogP contribution in [0.5, 0.6) is 5.75 Å². The van der Waals surface area contributed by atoms with Gasteiger partial charge in [0.15, 0.2) is 6.61 Å². The molecule has 7 nitrogen and oxygen atoms in total. The van der Waals surface area contributed by atoms with Gasteiger partial charge in [0.05, 0.1) is 23.1 Å². The highest BCUT2D eigenvalue weighted by Crippen LogP contribution is 2.29. The lowest BCUT2D eigenvalue weighted by molar-refractivity contribution is -0.118. The van der Waals surface area contributed by atoms with Crippen LogP contribution in [0, 0.1) is 13.8 Å². The average Bonchev–Trinajstić information content (AvgIpc) is 2.67. The van der Waals surface area contributed by atoms with E-state index in [0.29, 0.717) is 32.0 Å². The number of nitrogens with one attached hydrogen (secondary N) is 1. The highest BCUT2D eigenvalue weighted by Gasteiger charge is 2.27. The Labute approximate surface area is 175 Å². The molecule has 0 saturated carbocycles. The number of amides is 1. The van der Waals surface area contributed by atoms with Crippen molar-refractivity contribution in [3.05, 3.63) is 52.5 Å². The van der Waals surface area contributed by atoms with E-state index in [1.807, 2.05) is 32.0 Å².